The SMILES string of the molecule is BrCCCCCCCOc1nc(-c2ccccc2)c(-c2ccccc2)n1-c1ccccc1. The molecule has 0 bridgehead atoms. The lowest BCUT2D eigenvalue weighted by atomic mass is 10.0. The third-order valence-corrected chi connectivity index (χ3v) is 6.03. The summed E-state index contributed by atoms with van der Waals surface area (Å²) in [6.45, 7) is 0.667. The topological polar surface area (TPSA) is 27.1 Å². The molecule has 0 aliphatic rings. The Morgan fingerprint density at radius 1 is 0.656 bits per heavy atom. The summed E-state index contributed by atoms with van der Waals surface area (Å²) in [5.41, 5.74) is 5.24. The summed E-state index contributed by atoms with van der Waals surface area (Å²) >= 11 is 3.50. The van der Waals surface area contributed by atoms with Gasteiger partial charge >= 0.3 is 6.01 Å². The Morgan fingerprint density at radius 3 is 1.88 bits per heavy atom. The second kappa shape index (κ2) is 11.7. The van der Waals surface area contributed by atoms with Crippen LogP contribution in [-0.2, 0) is 0 Å². The average Bonchev–Trinajstić information content (AvgIpc) is 3.24. The van der Waals surface area contributed by atoms with Gasteiger partial charge in [-0.05, 0) is 25.0 Å². The molecule has 4 rings (SSSR count). The van der Waals surface area contributed by atoms with Crippen LogP contribution >= 0.6 is 15.9 Å². The van der Waals surface area contributed by atoms with E-state index in [2.05, 4.69) is 93.3 Å². The van der Waals surface area contributed by atoms with Crippen molar-refractivity contribution < 1.29 is 4.74 Å². The Kier molecular flexibility index (Phi) is 8.16. The lowest BCUT2D eigenvalue weighted by molar-refractivity contribution is 0.278. The summed E-state index contributed by atoms with van der Waals surface area (Å²) in [6, 6.07) is 31.8. The zero-order valence-electron chi connectivity index (χ0n) is 18.3. The third-order valence-electron chi connectivity index (χ3n) is 5.46. The van der Waals surface area contributed by atoms with Gasteiger partial charge in [-0.15, -0.1) is 0 Å². The fourth-order valence-corrected chi connectivity index (χ4v) is 4.26. The summed E-state index contributed by atoms with van der Waals surface area (Å²) in [6.07, 6.45) is 5.95. The molecule has 0 unspecified atom stereocenters. The zero-order valence-corrected chi connectivity index (χ0v) is 19.9. The number of para-hydroxylation sites is 1. The number of ether oxygens (including phenoxy) is 1. The van der Waals surface area contributed by atoms with Crippen molar-refractivity contribution in [3.05, 3.63) is 91.0 Å². The molecule has 0 saturated heterocycles. The fraction of sp³-hybridized carbons (Fsp3) is 0.250. The summed E-state index contributed by atoms with van der Waals surface area (Å²) in [5, 5.41) is 1.09. The second-order valence-electron chi connectivity index (χ2n) is 7.80. The van der Waals surface area contributed by atoms with Crippen LogP contribution in [0, 0.1) is 0 Å². The van der Waals surface area contributed by atoms with Crippen LogP contribution in [0.15, 0.2) is 91.0 Å². The average molecular weight is 489 g/mol. The van der Waals surface area contributed by atoms with E-state index in [1.54, 1.807) is 0 Å². The molecular weight excluding hydrogens is 460 g/mol. The molecule has 1 aromatic heterocycles. The Bertz CT molecular complexity index is 1080. The smallest absolute Gasteiger partial charge is 0.302 e. The van der Waals surface area contributed by atoms with Gasteiger partial charge in [-0.1, -0.05) is 114 Å². The van der Waals surface area contributed by atoms with Crippen LogP contribution in [0.2, 0.25) is 0 Å². The van der Waals surface area contributed by atoms with Crippen molar-refractivity contribution in [3.63, 3.8) is 0 Å². The Labute approximate surface area is 199 Å². The molecule has 4 heteroatoms. The van der Waals surface area contributed by atoms with E-state index in [1.165, 1.54) is 25.7 Å². The molecule has 0 spiro atoms. The van der Waals surface area contributed by atoms with E-state index < -0.39 is 0 Å². The highest BCUT2D eigenvalue weighted by Crippen LogP contribution is 2.37. The minimum atomic E-state index is 0.648. The van der Waals surface area contributed by atoms with Crippen LogP contribution in [0.25, 0.3) is 28.2 Å². The number of imidazole rings is 1. The van der Waals surface area contributed by atoms with Crippen LogP contribution in [0.5, 0.6) is 6.01 Å². The van der Waals surface area contributed by atoms with Gasteiger partial charge in [-0.25, -0.2) is 0 Å². The van der Waals surface area contributed by atoms with Gasteiger partial charge in [0.15, 0.2) is 0 Å². The molecule has 32 heavy (non-hydrogen) atoms. The van der Waals surface area contributed by atoms with Crippen molar-refractivity contribution >= 4 is 15.9 Å². The number of unbranched alkanes of at least 4 members (excludes halogenated alkanes) is 4. The highest BCUT2D eigenvalue weighted by Gasteiger charge is 2.22. The number of alkyl halides is 1. The lowest BCUT2D eigenvalue weighted by Gasteiger charge is -2.13. The van der Waals surface area contributed by atoms with Crippen molar-refractivity contribution in [2.75, 3.05) is 11.9 Å². The Balaban J connectivity index is 1.71. The van der Waals surface area contributed by atoms with Gasteiger partial charge in [0.05, 0.1) is 18.0 Å². The number of hydrogen-bond acceptors (Lipinski definition) is 2. The predicted molar refractivity (Wildman–Crippen MR) is 137 cm³/mol. The standard InChI is InChI=1S/C28H29BrN2O/c29-21-13-2-1-3-14-22-32-28-30-26(23-15-7-4-8-16-23)27(24-17-9-5-10-18-24)31(28)25-19-11-6-12-20-25/h4-12,15-20H,1-3,13-14,21-22H2. The van der Waals surface area contributed by atoms with Gasteiger partial charge in [0.1, 0.15) is 5.69 Å². The van der Waals surface area contributed by atoms with E-state index >= 15 is 0 Å². The molecule has 0 saturated carbocycles. The molecule has 3 aromatic carbocycles. The number of nitrogens with zero attached hydrogens (tertiary/aromatic N) is 2. The quantitative estimate of drug-likeness (QED) is 0.158. The van der Waals surface area contributed by atoms with Crippen molar-refractivity contribution in [3.8, 4) is 34.2 Å². The van der Waals surface area contributed by atoms with Gasteiger partial charge in [0.25, 0.3) is 0 Å². The summed E-state index contributed by atoms with van der Waals surface area (Å²) in [5.74, 6) is 0. The minimum absolute atomic E-state index is 0.648. The highest BCUT2D eigenvalue weighted by atomic mass is 79.9. The maximum atomic E-state index is 6.31. The zero-order chi connectivity index (χ0) is 22.0. The largest absolute Gasteiger partial charge is 0.464 e. The van der Waals surface area contributed by atoms with Crippen molar-refractivity contribution in [2.45, 2.75) is 32.1 Å². The molecule has 0 atom stereocenters. The molecule has 4 aromatic rings. The first kappa shape index (κ1) is 22.3. The number of benzene rings is 3. The predicted octanol–water partition coefficient (Wildman–Crippen LogP) is 7.93. The van der Waals surface area contributed by atoms with E-state index in [-0.39, 0.29) is 0 Å². The van der Waals surface area contributed by atoms with Crippen LogP contribution in [-0.4, -0.2) is 21.5 Å². The number of halogens is 1. The number of rotatable bonds is 11. The molecule has 0 N–H and O–H groups in total. The first-order chi connectivity index (χ1) is 15.9. The van der Waals surface area contributed by atoms with E-state index in [0.717, 1.165) is 40.0 Å². The van der Waals surface area contributed by atoms with Gasteiger partial charge in [0, 0.05) is 16.5 Å². The molecule has 0 amide bonds. The number of hydrogen-bond donors (Lipinski definition) is 0. The first-order valence-corrected chi connectivity index (χ1v) is 12.5. The third kappa shape index (κ3) is 5.49. The summed E-state index contributed by atoms with van der Waals surface area (Å²) in [7, 11) is 0. The van der Waals surface area contributed by atoms with Gasteiger partial charge in [0.2, 0.25) is 0 Å². The Hall–Kier alpha value is -2.85. The maximum Gasteiger partial charge on any atom is 0.302 e. The van der Waals surface area contributed by atoms with E-state index in [4.69, 9.17) is 9.72 Å². The maximum absolute atomic E-state index is 6.31. The Morgan fingerprint density at radius 2 is 1.22 bits per heavy atom. The summed E-state index contributed by atoms with van der Waals surface area (Å²) in [4.78, 5) is 5.01. The normalized spacial score (nSPS) is 10.9. The fourth-order valence-electron chi connectivity index (χ4n) is 3.86. The van der Waals surface area contributed by atoms with Gasteiger partial charge in [-0.2, -0.15) is 4.98 Å². The molecule has 164 valence electrons. The van der Waals surface area contributed by atoms with Crippen LogP contribution in [0.3, 0.4) is 0 Å². The molecule has 0 aliphatic heterocycles. The van der Waals surface area contributed by atoms with Gasteiger partial charge < -0.3 is 4.74 Å². The molecule has 3 nitrogen and oxygen atoms in total. The van der Waals surface area contributed by atoms with Crippen LogP contribution in [0.4, 0.5) is 0 Å². The van der Waals surface area contributed by atoms with Crippen LogP contribution in [0.1, 0.15) is 32.1 Å². The second-order valence-corrected chi connectivity index (χ2v) is 8.59. The monoisotopic (exact) mass is 488 g/mol. The molecule has 1 heterocycles. The van der Waals surface area contributed by atoms with Crippen molar-refractivity contribution in [1.82, 2.24) is 9.55 Å². The number of aromatic nitrogens is 2. The van der Waals surface area contributed by atoms with E-state index in [1.807, 2.05) is 18.2 Å². The van der Waals surface area contributed by atoms with E-state index in [9.17, 15) is 0 Å². The molecule has 0 fully saturated rings. The van der Waals surface area contributed by atoms with Crippen molar-refractivity contribution in [1.29, 1.82) is 0 Å². The van der Waals surface area contributed by atoms with Crippen LogP contribution < -0.4 is 4.74 Å². The molecule has 0 aliphatic carbocycles. The van der Waals surface area contributed by atoms with Crippen molar-refractivity contribution in [2.24, 2.45) is 0 Å². The minimum Gasteiger partial charge on any atom is -0.464 e. The molecule has 0 radical (unpaired) electrons. The molecular formula is C28H29BrN2O. The van der Waals surface area contributed by atoms with E-state index in [0.29, 0.717) is 12.6 Å². The lowest BCUT2D eigenvalue weighted by Crippen LogP contribution is -2.05. The first-order valence-electron chi connectivity index (χ1n) is 11.4. The summed E-state index contributed by atoms with van der Waals surface area (Å²) < 4.78 is 8.46. The van der Waals surface area contributed by atoms with Gasteiger partial charge in [-0.3, -0.25) is 4.57 Å². The highest BCUT2D eigenvalue weighted by molar-refractivity contribution is 9.09.